The minimum absolute atomic E-state index is 0.154. The van der Waals surface area contributed by atoms with E-state index in [1.807, 2.05) is 24.3 Å². The van der Waals surface area contributed by atoms with Crippen LogP contribution in [0, 0.1) is 3.95 Å². The summed E-state index contributed by atoms with van der Waals surface area (Å²) in [5, 5.41) is 8.39. The summed E-state index contributed by atoms with van der Waals surface area (Å²) in [6.07, 6.45) is 0. The number of rotatable bonds is 6. The Bertz CT molecular complexity index is 806. The second kappa shape index (κ2) is 8.85. The summed E-state index contributed by atoms with van der Waals surface area (Å²) in [6.45, 7) is 2.09. The summed E-state index contributed by atoms with van der Waals surface area (Å²) in [5.41, 5.74) is 0.918. The van der Waals surface area contributed by atoms with Crippen LogP contribution in [-0.4, -0.2) is 59.0 Å². The van der Waals surface area contributed by atoms with Crippen LogP contribution in [0.15, 0.2) is 24.3 Å². The molecule has 0 radical (unpaired) electrons. The molecule has 26 heavy (non-hydrogen) atoms. The molecule has 0 aliphatic carbocycles. The van der Waals surface area contributed by atoms with E-state index in [-0.39, 0.29) is 11.2 Å². The molecule has 2 heterocycles. The summed E-state index contributed by atoms with van der Waals surface area (Å²) in [4.78, 5) is 13.9. The van der Waals surface area contributed by atoms with Gasteiger partial charge in [-0.2, -0.15) is 0 Å². The zero-order chi connectivity index (χ0) is 18.5. The summed E-state index contributed by atoms with van der Waals surface area (Å²) in [6, 6.07) is 7.63. The van der Waals surface area contributed by atoms with E-state index in [1.165, 1.54) is 18.4 Å². The van der Waals surface area contributed by atoms with Gasteiger partial charge >= 0.3 is 5.97 Å². The summed E-state index contributed by atoms with van der Waals surface area (Å²) < 4.78 is 12.5. The molecular weight excluding hydrogens is 392 g/mol. The number of nitrogens with zero attached hydrogens (tertiary/aromatic N) is 3. The molecule has 0 bridgehead atoms. The third-order valence-corrected chi connectivity index (χ3v) is 6.28. The van der Waals surface area contributed by atoms with E-state index in [4.69, 9.17) is 21.7 Å². The summed E-state index contributed by atoms with van der Waals surface area (Å²) in [5.74, 6) is 1.51. The number of nitrogens with one attached hydrogen (secondary N) is 1. The molecule has 0 saturated carbocycles. The lowest BCUT2D eigenvalue weighted by Gasteiger charge is -2.30. The number of carbonyl (C=O) groups is 1. The highest BCUT2D eigenvalue weighted by Gasteiger charge is 2.27. The molecule has 10 heteroatoms. The van der Waals surface area contributed by atoms with Gasteiger partial charge in [-0.25, -0.2) is 4.68 Å². The van der Waals surface area contributed by atoms with Crippen molar-refractivity contribution in [1.82, 2.24) is 14.7 Å². The Kier molecular flexibility index (Phi) is 6.52. The van der Waals surface area contributed by atoms with Crippen molar-refractivity contribution in [2.45, 2.75) is 11.9 Å². The van der Waals surface area contributed by atoms with Crippen LogP contribution in [0.2, 0.25) is 0 Å². The maximum atomic E-state index is 11.8. The van der Waals surface area contributed by atoms with Crippen molar-refractivity contribution in [3.8, 4) is 5.75 Å². The van der Waals surface area contributed by atoms with E-state index in [0.717, 1.165) is 28.9 Å². The normalized spacial score (nSPS) is 17.7. The third kappa shape index (κ3) is 4.76. The highest BCUT2D eigenvalue weighted by atomic mass is 32.2. The number of aromatic nitrogens is 2. The molecule has 1 aliphatic rings. The molecule has 1 fully saturated rings. The first kappa shape index (κ1) is 19.2. The monoisotopic (exact) mass is 412 g/mol. The molecule has 0 spiro atoms. The highest BCUT2D eigenvalue weighted by Crippen LogP contribution is 2.24. The van der Waals surface area contributed by atoms with Crippen LogP contribution < -0.4 is 10.1 Å². The average Bonchev–Trinajstić information content (AvgIpc) is 3.00. The van der Waals surface area contributed by atoms with Crippen molar-refractivity contribution in [1.29, 1.82) is 0 Å². The van der Waals surface area contributed by atoms with Crippen LogP contribution in [-0.2, 0) is 16.2 Å². The number of hydrogen-bond donors (Lipinski definition) is 1. The van der Waals surface area contributed by atoms with Crippen LogP contribution in [0.4, 0.5) is 10.8 Å². The molecule has 1 N–H and O–H groups in total. The Hall–Kier alpha value is -1.62. The van der Waals surface area contributed by atoms with Crippen LogP contribution >= 0.6 is 35.3 Å². The van der Waals surface area contributed by atoms with Gasteiger partial charge in [0, 0.05) is 24.5 Å². The minimum atomic E-state index is -0.177. The van der Waals surface area contributed by atoms with Gasteiger partial charge in [0.05, 0.1) is 20.9 Å². The van der Waals surface area contributed by atoms with E-state index in [0.29, 0.717) is 17.2 Å². The predicted octanol–water partition coefficient (Wildman–Crippen LogP) is 2.97. The second-order valence-corrected chi connectivity index (χ2v) is 8.56. The minimum Gasteiger partial charge on any atom is -0.497 e. The van der Waals surface area contributed by atoms with E-state index < -0.39 is 0 Å². The number of carbonyl (C=O) groups excluding carboxylic acids is 1. The van der Waals surface area contributed by atoms with E-state index >= 15 is 0 Å². The SMILES string of the molecule is COC(=O)[C@@H]1CN(Cn2nc(Nc3ccc(OC)cc3)sc2=S)CCS1. The number of methoxy groups -OCH3 is 2. The molecule has 1 aromatic heterocycles. The maximum Gasteiger partial charge on any atom is 0.320 e. The predicted molar refractivity (Wildman–Crippen MR) is 107 cm³/mol. The molecule has 1 atom stereocenters. The Morgan fingerprint density at radius 3 is 2.85 bits per heavy atom. The zero-order valence-corrected chi connectivity index (χ0v) is 17.0. The molecule has 0 unspecified atom stereocenters. The van der Waals surface area contributed by atoms with Crippen LogP contribution in [0.5, 0.6) is 5.75 Å². The van der Waals surface area contributed by atoms with Crippen LogP contribution in [0.25, 0.3) is 0 Å². The molecule has 140 valence electrons. The fourth-order valence-corrected chi connectivity index (χ4v) is 4.75. The van der Waals surface area contributed by atoms with E-state index in [9.17, 15) is 4.79 Å². The topological polar surface area (TPSA) is 68.6 Å². The number of hydrogen-bond acceptors (Lipinski definition) is 9. The van der Waals surface area contributed by atoms with E-state index in [2.05, 4.69) is 15.3 Å². The van der Waals surface area contributed by atoms with Gasteiger partial charge in [-0.15, -0.1) is 16.9 Å². The quantitative estimate of drug-likeness (QED) is 0.574. The lowest BCUT2D eigenvalue weighted by molar-refractivity contribution is -0.140. The lowest BCUT2D eigenvalue weighted by atomic mass is 10.3. The van der Waals surface area contributed by atoms with Gasteiger partial charge in [0.1, 0.15) is 11.0 Å². The Morgan fingerprint density at radius 1 is 1.38 bits per heavy atom. The fourth-order valence-electron chi connectivity index (χ4n) is 2.54. The van der Waals surface area contributed by atoms with Gasteiger partial charge in [0.25, 0.3) is 0 Å². The zero-order valence-electron chi connectivity index (χ0n) is 14.5. The number of anilines is 2. The van der Waals surface area contributed by atoms with Crippen molar-refractivity contribution in [3.63, 3.8) is 0 Å². The number of benzene rings is 1. The smallest absolute Gasteiger partial charge is 0.320 e. The first-order valence-corrected chi connectivity index (χ1v) is 10.3. The first-order valence-electron chi connectivity index (χ1n) is 8.00. The van der Waals surface area contributed by atoms with Crippen molar-refractivity contribution >= 4 is 52.1 Å². The first-order chi connectivity index (χ1) is 12.6. The third-order valence-electron chi connectivity index (χ3n) is 3.90. The molecule has 2 aromatic rings. The van der Waals surface area contributed by atoms with Crippen LogP contribution in [0.1, 0.15) is 0 Å². The van der Waals surface area contributed by atoms with Crippen molar-refractivity contribution in [2.75, 3.05) is 38.4 Å². The standard InChI is InChI=1S/C16H20N4O3S3/c1-22-12-5-3-11(4-6-12)17-15-18-20(16(24)26-15)10-19-7-8-25-13(9-19)14(21)23-2/h3-6,13H,7-10H2,1-2H3,(H,17,18)/t13-/m0/s1. The molecule has 1 aliphatic heterocycles. The molecule has 7 nitrogen and oxygen atoms in total. The van der Waals surface area contributed by atoms with Gasteiger partial charge in [-0.3, -0.25) is 9.69 Å². The lowest BCUT2D eigenvalue weighted by Crippen LogP contribution is -2.42. The number of thioether (sulfide) groups is 1. The largest absolute Gasteiger partial charge is 0.497 e. The van der Waals surface area contributed by atoms with Gasteiger partial charge in [-0.05, 0) is 36.5 Å². The number of ether oxygens (including phenoxy) is 2. The number of esters is 1. The van der Waals surface area contributed by atoms with Gasteiger partial charge in [0.15, 0.2) is 3.95 Å². The van der Waals surface area contributed by atoms with Crippen molar-refractivity contribution in [2.24, 2.45) is 0 Å². The van der Waals surface area contributed by atoms with Gasteiger partial charge in [0.2, 0.25) is 5.13 Å². The average molecular weight is 413 g/mol. The van der Waals surface area contributed by atoms with Crippen molar-refractivity contribution < 1.29 is 14.3 Å². The Labute approximate surface area is 165 Å². The molecule has 0 amide bonds. The Balaban J connectivity index is 1.64. The van der Waals surface area contributed by atoms with Crippen molar-refractivity contribution in [3.05, 3.63) is 28.2 Å². The fraction of sp³-hybridized carbons (Fsp3) is 0.438. The van der Waals surface area contributed by atoms with E-state index in [1.54, 1.807) is 23.6 Å². The van der Waals surface area contributed by atoms with Gasteiger partial charge < -0.3 is 14.8 Å². The van der Waals surface area contributed by atoms with Crippen LogP contribution in [0.3, 0.4) is 0 Å². The maximum absolute atomic E-state index is 11.8. The highest BCUT2D eigenvalue weighted by molar-refractivity contribution is 8.00. The summed E-state index contributed by atoms with van der Waals surface area (Å²) >= 11 is 8.49. The second-order valence-electron chi connectivity index (χ2n) is 5.63. The molecule has 1 aromatic carbocycles. The Morgan fingerprint density at radius 2 is 2.15 bits per heavy atom. The molecule has 1 saturated heterocycles. The van der Waals surface area contributed by atoms with Gasteiger partial charge in [-0.1, -0.05) is 11.3 Å². The molecular formula is C16H20N4O3S3. The summed E-state index contributed by atoms with van der Waals surface area (Å²) in [7, 11) is 3.06. The molecule has 3 rings (SSSR count).